The lowest BCUT2D eigenvalue weighted by molar-refractivity contribution is 0.0955. The predicted molar refractivity (Wildman–Crippen MR) is 106 cm³/mol. The first-order valence-corrected chi connectivity index (χ1v) is 8.85. The molecule has 2 aromatic carbocycles. The summed E-state index contributed by atoms with van der Waals surface area (Å²) in [6, 6.07) is 19.8. The maximum atomic E-state index is 12.5. The molecule has 136 valence electrons. The van der Waals surface area contributed by atoms with Crippen molar-refractivity contribution in [2.24, 2.45) is 0 Å². The summed E-state index contributed by atoms with van der Waals surface area (Å²) >= 11 is 5.83. The number of benzene rings is 2. The van der Waals surface area contributed by atoms with Crippen molar-refractivity contribution >= 4 is 29.1 Å². The number of nitrogens with one attached hydrogen (secondary N) is 2. The molecule has 2 N–H and O–H groups in total. The van der Waals surface area contributed by atoms with E-state index in [1.807, 2.05) is 30.3 Å². The van der Waals surface area contributed by atoms with Gasteiger partial charge in [-0.05, 0) is 36.2 Å². The first-order valence-electron chi connectivity index (χ1n) is 8.47. The quantitative estimate of drug-likeness (QED) is 0.637. The fourth-order valence-electron chi connectivity index (χ4n) is 2.59. The van der Waals surface area contributed by atoms with Gasteiger partial charge in [0.25, 0.3) is 11.8 Å². The second-order valence-corrected chi connectivity index (χ2v) is 6.25. The zero-order valence-corrected chi connectivity index (χ0v) is 15.2. The molecule has 1 aromatic heterocycles. The van der Waals surface area contributed by atoms with Crippen molar-refractivity contribution in [1.82, 2.24) is 10.3 Å². The van der Waals surface area contributed by atoms with Crippen LogP contribution >= 0.6 is 11.6 Å². The third kappa shape index (κ3) is 5.15. The molecule has 0 aliphatic heterocycles. The highest BCUT2D eigenvalue weighted by molar-refractivity contribution is 6.29. The summed E-state index contributed by atoms with van der Waals surface area (Å²) in [5, 5.41) is 5.88. The van der Waals surface area contributed by atoms with Crippen molar-refractivity contribution in [3.8, 4) is 0 Å². The normalized spacial score (nSPS) is 10.3. The molecule has 0 bridgehead atoms. The Kier molecular flexibility index (Phi) is 6.18. The topological polar surface area (TPSA) is 71.1 Å². The van der Waals surface area contributed by atoms with E-state index in [1.165, 1.54) is 12.3 Å². The number of hydrogen-bond donors (Lipinski definition) is 2. The number of hydrogen-bond acceptors (Lipinski definition) is 3. The maximum absolute atomic E-state index is 12.5. The third-order valence-electron chi connectivity index (χ3n) is 3.95. The number of rotatable bonds is 6. The Labute approximate surface area is 162 Å². The average molecular weight is 380 g/mol. The van der Waals surface area contributed by atoms with E-state index < -0.39 is 0 Å². The number of amides is 2. The molecule has 5 nitrogen and oxygen atoms in total. The Morgan fingerprint density at radius 2 is 1.67 bits per heavy atom. The lowest BCUT2D eigenvalue weighted by Gasteiger charge is -2.11. The minimum atomic E-state index is -0.358. The molecule has 27 heavy (non-hydrogen) atoms. The highest BCUT2D eigenvalue weighted by Gasteiger charge is 2.14. The number of nitrogens with zero attached hydrogens (tertiary/aromatic N) is 1. The van der Waals surface area contributed by atoms with Crippen molar-refractivity contribution in [3.63, 3.8) is 0 Å². The van der Waals surface area contributed by atoms with Gasteiger partial charge in [-0.3, -0.25) is 9.59 Å². The predicted octanol–water partition coefficient (Wildman–Crippen LogP) is 3.96. The largest absolute Gasteiger partial charge is 0.352 e. The molecule has 2 amide bonds. The second-order valence-electron chi connectivity index (χ2n) is 5.86. The van der Waals surface area contributed by atoms with E-state index >= 15 is 0 Å². The molecular formula is C21H18ClN3O2. The minimum absolute atomic E-state index is 0.231. The summed E-state index contributed by atoms with van der Waals surface area (Å²) in [6.45, 7) is 0.505. The molecule has 0 saturated heterocycles. The van der Waals surface area contributed by atoms with Gasteiger partial charge in [-0.1, -0.05) is 54.1 Å². The van der Waals surface area contributed by atoms with Crippen molar-refractivity contribution in [2.45, 2.75) is 6.42 Å². The van der Waals surface area contributed by atoms with Gasteiger partial charge in [0.2, 0.25) is 0 Å². The first-order chi connectivity index (χ1) is 13.1. The van der Waals surface area contributed by atoms with Crippen LogP contribution in [-0.4, -0.2) is 23.3 Å². The smallest absolute Gasteiger partial charge is 0.255 e. The molecule has 3 aromatic rings. The maximum Gasteiger partial charge on any atom is 0.255 e. The first kappa shape index (κ1) is 18.6. The van der Waals surface area contributed by atoms with Gasteiger partial charge in [0.1, 0.15) is 5.15 Å². The van der Waals surface area contributed by atoms with E-state index in [0.717, 1.165) is 12.0 Å². The molecule has 0 radical (unpaired) electrons. The van der Waals surface area contributed by atoms with E-state index in [2.05, 4.69) is 15.6 Å². The van der Waals surface area contributed by atoms with E-state index in [-0.39, 0.29) is 17.0 Å². The lowest BCUT2D eigenvalue weighted by Crippen LogP contribution is -2.27. The van der Waals surface area contributed by atoms with Gasteiger partial charge in [0.05, 0.1) is 11.3 Å². The highest BCUT2D eigenvalue weighted by Crippen LogP contribution is 2.17. The molecule has 0 aliphatic carbocycles. The molecule has 0 aliphatic rings. The standard InChI is InChI=1S/C21H18ClN3O2/c22-19-14-16(11-13-23-19)20(26)25-18-9-5-4-8-17(18)21(27)24-12-10-15-6-2-1-3-7-15/h1-9,11,13-14H,10,12H2,(H,24,27)(H,25,26). The fraction of sp³-hybridized carbons (Fsp3) is 0.0952. The fourth-order valence-corrected chi connectivity index (χ4v) is 2.76. The van der Waals surface area contributed by atoms with Gasteiger partial charge in [0.15, 0.2) is 0 Å². The van der Waals surface area contributed by atoms with Crippen molar-refractivity contribution in [1.29, 1.82) is 0 Å². The number of pyridine rings is 1. The summed E-state index contributed by atoms with van der Waals surface area (Å²) in [4.78, 5) is 28.8. The van der Waals surface area contributed by atoms with Crippen LogP contribution in [0.25, 0.3) is 0 Å². The van der Waals surface area contributed by atoms with Gasteiger partial charge in [-0.2, -0.15) is 0 Å². The Hall–Kier alpha value is -3.18. The minimum Gasteiger partial charge on any atom is -0.352 e. The Morgan fingerprint density at radius 1 is 0.926 bits per heavy atom. The summed E-state index contributed by atoms with van der Waals surface area (Å²) in [5.74, 6) is -0.599. The van der Waals surface area contributed by atoms with E-state index in [9.17, 15) is 9.59 Å². The number of halogens is 1. The number of carbonyl (C=O) groups excluding carboxylic acids is 2. The molecular weight excluding hydrogens is 362 g/mol. The molecule has 0 spiro atoms. The molecule has 0 saturated carbocycles. The van der Waals surface area contributed by atoms with Crippen LogP contribution in [0.2, 0.25) is 5.15 Å². The van der Waals surface area contributed by atoms with Crippen LogP contribution in [0.5, 0.6) is 0 Å². The van der Waals surface area contributed by atoms with Gasteiger partial charge in [-0.15, -0.1) is 0 Å². The van der Waals surface area contributed by atoms with Crippen LogP contribution in [0.4, 0.5) is 5.69 Å². The zero-order valence-electron chi connectivity index (χ0n) is 14.5. The lowest BCUT2D eigenvalue weighted by atomic mass is 10.1. The monoisotopic (exact) mass is 379 g/mol. The number of aromatic nitrogens is 1. The summed E-state index contributed by atoms with van der Waals surface area (Å²) in [5.41, 5.74) is 2.36. The van der Waals surface area contributed by atoms with Gasteiger partial charge < -0.3 is 10.6 Å². The van der Waals surface area contributed by atoms with Crippen molar-refractivity contribution < 1.29 is 9.59 Å². The van der Waals surface area contributed by atoms with Crippen molar-refractivity contribution in [2.75, 3.05) is 11.9 Å². The van der Waals surface area contributed by atoms with Gasteiger partial charge >= 0.3 is 0 Å². The van der Waals surface area contributed by atoms with Gasteiger partial charge in [-0.25, -0.2) is 4.98 Å². The van der Waals surface area contributed by atoms with E-state index in [0.29, 0.717) is 23.4 Å². The van der Waals surface area contributed by atoms with E-state index in [4.69, 9.17) is 11.6 Å². The van der Waals surface area contributed by atoms with Gasteiger partial charge in [0, 0.05) is 18.3 Å². The second kappa shape index (κ2) is 8.96. The van der Waals surface area contributed by atoms with Crippen LogP contribution in [-0.2, 0) is 6.42 Å². The van der Waals surface area contributed by atoms with Crippen LogP contribution in [0.3, 0.4) is 0 Å². The average Bonchev–Trinajstić information content (AvgIpc) is 2.69. The summed E-state index contributed by atoms with van der Waals surface area (Å²) < 4.78 is 0. The Morgan fingerprint density at radius 3 is 2.44 bits per heavy atom. The SMILES string of the molecule is O=C(Nc1ccccc1C(=O)NCCc1ccccc1)c1ccnc(Cl)c1. The van der Waals surface area contributed by atoms with Crippen LogP contribution in [0, 0.1) is 0 Å². The number of para-hydroxylation sites is 1. The highest BCUT2D eigenvalue weighted by atomic mass is 35.5. The van der Waals surface area contributed by atoms with Crippen LogP contribution in [0.1, 0.15) is 26.3 Å². The number of carbonyl (C=O) groups is 2. The summed E-state index contributed by atoms with van der Waals surface area (Å²) in [7, 11) is 0. The Balaban J connectivity index is 1.66. The van der Waals surface area contributed by atoms with Crippen LogP contribution < -0.4 is 10.6 Å². The zero-order chi connectivity index (χ0) is 19.1. The molecule has 3 rings (SSSR count). The van der Waals surface area contributed by atoms with Crippen LogP contribution in [0.15, 0.2) is 72.9 Å². The third-order valence-corrected chi connectivity index (χ3v) is 4.16. The van der Waals surface area contributed by atoms with E-state index in [1.54, 1.807) is 30.3 Å². The van der Waals surface area contributed by atoms with Crippen molar-refractivity contribution in [3.05, 3.63) is 94.8 Å². The Bertz CT molecular complexity index is 945. The summed E-state index contributed by atoms with van der Waals surface area (Å²) in [6.07, 6.45) is 2.19. The molecule has 1 heterocycles. The number of anilines is 1. The molecule has 6 heteroatoms. The molecule has 0 unspecified atom stereocenters. The molecule has 0 fully saturated rings. The molecule has 0 atom stereocenters.